The third-order valence-electron chi connectivity index (χ3n) is 3.74. The second-order valence-corrected chi connectivity index (χ2v) is 7.06. The first-order chi connectivity index (χ1) is 11.1. The number of rotatable bonds is 11. The molecule has 2 N–H and O–H groups in total. The molecule has 0 amide bonds. The summed E-state index contributed by atoms with van der Waals surface area (Å²) < 4.78 is 0. The highest BCUT2D eigenvalue weighted by molar-refractivity contribution is 7.80. The second kappa shape index (κ2) is 12.9. The van der Waals surface area contributed by atoms with Crippen LogP contribution in [0.3, 0.4) is 0 Å². The maximum atomic E-state index is 5.98. The van der Waals surface area contributed by atoms with E-state index in [9.17, 15) is 0 Å². The molecule has 23 heavy (non-hydrogen) atoms. The van der Waals surface area contributed by atoms with Crippen LogP contribution in [0.15, 0.2) is 18.2 Å². The number of thiocarbonyl (C=S) groups is 1. The zero-order valence-corrected chi connectivity index (χ0v) is 16.3. The van der Waals surface area contributed by atoms with Gasteiger partial charge >= 0.3 is 0 Å². The summed E-state index contributed by atoms with van der Waals surface area (Å²) in [4.78, 5) is 0. The van der Waals surface area contributed by atoms with E-state index in [0.717, 1.165) is 18.7 Å². The number of halogens is 2. The normalized spacial score (nSPS) is 10.6. The Morgan fingerprint density at radius 1 is 0.913 bits per heavy atom. The number of hydrogen-bond acceptors (Lipinski definition) is 1. The summed E-state index contributed by atoms with van der Waals surface area (Å²) in [7, 11) is 0. The van der Waals surface area contributed by atoms with Crippen molar-refractivity contribution in [1.29, 1.82) is 0 Å². The summed E-state index contributed by atoms with van der Waals surface area (Å²) in [5.41, 5.74) is 0.851. The smallest absolute Gasteiger partial charge is 0.170 e. The van der Waals surface area contributed by atoms with Crippen LogP contribution >= 0.6 is 35.4 Å². The highest BCUT2D eigenvalue weighted by Gasteiger charge is 2.01. The molecule has 0 spiro atoms. The molecular formula is C18H28Cl2N2S. The molecule has 0 aromatic heterocycles. The minimum atomic E-state index is 0.526. The van der Waals surface area contributed by atoms with Crippen LogP contribution in [0.2, 0.25) is 10.0 Å². The quantitative estimate of drug-likeness (QED) is 0.328. The van der Waals surface area contributed by atoms with Gasteiger partial charge in [0, 0.05) is 12.2 Å². The first-order valence-corrected chi connectivity index (χ1v) is 9.79. The number of benzene rings is 1. The van der Waals surface area contributed by atoms with Gasteiger partial charge in [-0.1, -0.05) is 81.5 Å². The molecule has 0 aliphatic carbocycles. The Morgan fingerprint density at radius 3 is 2.13 bits per heavy atom. The molecule has 0 saturated heterocycles. The predicted molar refractivity (Wildman–Crippen MR) is 108 cm³/mol. The Kier molecular flexibility index (Phi) is 11.5. The van der Waals surface area contributed by atoms with Crippen molar-refractivity contribution >= 4 is 46.2 Å². The fraction of sp³-hybridized carbons (Fsp3) is 0.611. The van der Waals surface area contributed by atoms with Gasteiger partial charge in [-0.05, 0) is 36.8 Å². The molecule has 5 heteroatoms. The molecule has 130 valence electrons. The number of hydrogen-bond donors (Lipinski definition) is 2. The van der Waals surface area contributed by atoms with E-state index in [1.165, 1.54) is 51.4 Å². The Hall–Kier alpha value is -0.510. The summed E-state index contributed by atoms with van der Waals surface area (Å²) in [5.74, 6) is 0. The minimum absolute atomic E-state index is 0.526. The van der Waals surface area contributed by atoms with Crippen molar-refractivity contribution < 1.29 is 0 Å². The van der Waals surface area contributed by atoms with Crippen LogP contribution < -0.4 is 10.6 Å². The van der Waals surface area contributed by atoms with Crippen LogP contribution in [0.25, 0.3) is 0 Å². The van der Waals surface area contributed by atoms with Crippen molar-refractivity contribution in [3.8, 4) is 0 Å². The van der Waals surface area contributed by atoms with Crippen LogP contribution in [-0.2, 0) is 0 Å². The molecule has 0 aliphatic rings. The fourth-order valence-electron chi connectivity index (χ4n) is 2.39. The van der Waals surface area contributed by atoms with Crippen molar-refractivity contribution in [2.24, 2.45) is 0 Å². The van der Waals surface area contributed by atoms with E-state index in [1.54, 1.807) is 12.1 Å². The summed E-state index contributed by atoms with van der Waals surface area (Å²) in [6.07, 6.45) is 12.0. The minimum Gasteiger partial charge on any atom is -0.362 e. The average molecular weight is 375 g/mol. The van der Waals surface area contributed by atoms with E-state index in [0.29, 0.717) is 15.2 Å². The maximum Gasteiger partial charge on any atom is 0.170 e. The van der Waals surface area contributed by atoms with Gasteiger partial charge in [-0.2, -0.15) is 0 Å². The largest absolute Gasteiger partial charge is 0.362 e. The second-order valence-electron chi connectivity index (χ2n) is 5.84. The van der Waals surface area contributed by atoms with E-state index < -0.39 is 0 Å². The van der Waals surface area contributed by atoms with Crippen molar-refractivity contribution in [1.82, 2.24) is 5.32 Å². The zero-order valence-electron chi connectivity index (χ0n) is 14.0. The van der Waals surface area contributed by atoms with Gasteiger partial charge in [0.2, 0.25) is 0 Å². The molecule has 2 nitrogen and oxygen atoms in total. The molecule has 0 unspecified atom stereocenters. The Bertz CT molecular complexity index is 466. The Labute approximate surface area is 156 Å². The average Bonchev–Trinajstić information content (AvgIpc) is 2.53. The Morgan fingerprint density at radius 2 is 1.52 bits per heavy atom. The third kappa shape index (κ3) is 10.1. The van der Waals surface area contributed by atoms with Crippen LogP contribution in [0, 0.1) is 0 Å². The summed E-state index contributed by atoms with van der Waals surface area (Å²) in [6, 6.07) is 5.40. The lowest BCUT2D eigenvalue weighted by atomic mass is 10.1. The van der Waals surface area contributed by atoms with E-state index in [1.807, 2.05) is 6.07 Å². The lowest BCUT2D eigenvalue weighted by Crippen LogP contribution is -2.29. The monoisotopic (exact) mass is 374 g/mol. The highest BCUT2D eigenvalue weighted by atomic mass is 35.5. The van der Waals surface area contributed by atoms with Gasteiger partial charge in [0.1, 0.15) is 0 Å². The van der Waals surface area contributed by atoms with Gasteiger partial charge in [-0.3, -0.25) is 0 Å². The van der Waals surface area contributed by atoms with E-state index in [-0.39, 0.29) is 0 Å². The van der Waals surface area contributed by atoms with E-state index >= 15 is 0 Å². The van der Waals surface area contributed by atoms with Crippen LogP contribution in [0.1, 0.15) is 64.7 Å². The van der Waals surface area contributed by atoms with Crippen molar-refractivity contribution in [3.63, 3.8) is 0 Å². The molecule has 1 aromatic rings. The van der Waals surface area contributed by atoms with Crippen molar-refractivity contribution in [3.05, 3.63) is 28.2 Å². The Balaban J connectivity index is 2.01. The highest BCUT2D eigenvalue weighted by Crippen LogP contribution is 2.24. The number of unbranched alkanes of at least 4 members (excludes halogenated alkanes) is 8. The zero-order chi connectivity index (χ0) is 16.9. The first kappa shape index (κ1) is 20.5. The lowest BCUT2D eigenvalue weighted by molar-refractivity contribution is 0.563. The molecule has 0 radical (unpaired) electrons. The molecule has 0 bridgehead atoms. The third-order valence-corrected chi connectivity index (χ3v) is 4.73. The van der Waals surface area contributed by atoms with Gasteiger partial charge in [0.15, 0.2) is 5.11 Å². The number of nitrogens with one attached hydrogen (secondary N) is 2. The molecule has 0 saturated carbocycles. The molecule has 0 fully saturated rings. The van der Waals surface area contributed by atoms with Gasteiger partial charge in [-0.15, -0.1) is 0 Å². The van der Waals surface area contributed by atoms with E-state index in [4.69, 9.17) is 35.4 Å². The van der Waals surface area contributed by atoms with Gasteiger partial charge in [-0.25, -0.2) is 0 Å². The SMILES string of the molecule is CCCCCCCCCCCNC(=S)Nc1ccc(Cl)c(Cl)c1. The van der Waals surface area contributed by atoms with Crippen molar-refractivity contribution in [2.75, 3.05) is 11.9 Å². The molecule has 0 heterocycles. The molecule has 0 aliphatic heterocycles. The van der Waals surface area contributed by atoms with Gasteiger partial charge in [0.25, 0.3) is 0 Å². The van der Waals surface area contributed by atoms with Crippen molar-refractivity contribution in [2.45, 2.75) is 64.7 Å². The number of anilines is 1. The molecule has 1 rings (SSSR count). The van der Waals surface area contributed by atoms with Crippen LogP contribution in [0.4, 0.5) is 5.69 Å². The van der Waals surface area contributed by atoms with Crippen LogP contribution in [-0.4, -0.2) is 11.7 Å². The standard InChI is InChI=1S/C18H28Cl2N2S/c1-2-3-4-5-6-7-8-9-10-13-21-18(23)22-15-11-12-16(19)17(20)14-15/h11-12,14H,2-10,13H2,1H3,(H2,21,22,23). The molecule has 1 aromatic carbocycles. The van der Waals surface area contributed by atoms with Crippen LogP contribution in [0.5, 0.6) is 0 Å². The fourth-order valence-corrected chi connectivity index (χ4v) is 2.90. The lowest BCUT2D eigenvalue weighted by Gasteiger charge is -2.11. The summed E-state index contributed by atoms with van der Waals surface area (Å²) in [5, 5.41) is 8.05. The maximum absolute atomic E-state index is 5.98. The first-order valence-electron chi connectivity index (χ1n) is 8.63. The predicted octanol–water partition coefficient (Wildman–Crippen LogP) is 6.81. The van der Waals surface area contributed by atoms with Gasteiger partial charge < -0.3 is 10.6 Å². The molecular weight excluding hydrogens is 347 g/mol. The summed E-state index contributed by atoms with van der Waals surface area (Å²) in [6.45, 7) is 3.16. The summed E-state index contributed by atoms with van der Waals surface area (Å²) >= 11 is 17.1. The molecule has 0 atom stereocenters. The topological polar surface area (TPSA) is 24.1 Å². The van der Waals surface area contributed by atoms with E-state index in [2.05, 4.69) is 17.6 Å². The van der Waals surface area contributed by atoms with Gasteiger partial charge in [0.05, 0.1) is 10.0 Å².